The van der Waals surface area contributed by atoms with E-state index in [9.17, 15) is 4.79 Å². The van der Waals surface area contributed by atoms with Gasteiger partial charge in [0.15, 0.2) is 5.69 Å². The Labute approximate surface area is 137 Å². The largest absolute Gasteiger partial charge is 0.398 e. The molecule has 1 amide bonds. The van der Waals surface area contributed by atoms with Crippen molar-refractivity contribution < 1.29 is 4.79 Å². The molecule has 0 bridgehead atoms. The first kappa shape index (κ1) is 13.8. The minimum absolute atomic E-state index is 0.0680. The minimum Gasteiger partial charge on any atom is -0.398 e. The number of rotatable bonds is 2. The number of fused-ring (bicyclic) bond motifs is 1. The van der Waals surface area contributed by atoms with E-state index in [-0.39, 0.29) is 5.91 Å². The van der Waals surface area contributed by atoms with Gasteiger partial charge in [0.25, 0.3) is 5.91 Å². The zero-order valence-corrected chi connectivity index (χ0v) is 13.7. The highest BCUT2D eigenvalue weighted by molar-refractivity contribution is 9.10. The lowest BCUT2D eigenvalue weighted by Crippen LogP contribution is -2.36. The maximum absolute atomic E-state index is 12.9. The standard InChI is InChI=1S/C16H17BrN4O/c17-13-14(9-6-7-9)19-20-15(13)16(22)21-8-2-3-10-11(18)4-1-5-12(10)21/h1,4-5,9H,2-3,6-8,18H2,(H,19,20). The fourth-order valence-corrected chi connectivity index (χ4v) is 3.79. The van der Waals surface area contributed by atoms with Crippen molar-refractivity contribution >= 4 is 33.2 Å². The smallest absolute Gasteiger partial charge is 0.279 e. The van der Waals surface area contributed by atoms with Crippen molar-refractivity contribution in [3.8, 4) is 0 Å². The number of anilines is 2. The maximum Gasteiger partial charge on any atom is 0.279 e. The van der Waals surface area contributed by atoms with E-state index in [1.165, 1.54) is 0 Å². The molecule has 2 heterocycles. The van der Waals surface area contributed by atoms with Crippen molar-refractivity contribution in [1.82, 2.24) is 10.2 Å². The summed E-state index contributed by atoms with van der Waals surface area (Å²) in [6.07, 6.45) is 4.17. The van der Waals surface area contributed by atoms with Crippen LogP contribution in [-0.4, -0.2) is 22.6 Å². The van der Waals surface area contributed by atoms with E-state index in [0.717, 1.165) is 52.8 Å². The summed E-state index contributed by atoms with van der Waals surface area (Å²) in [5.74, 6) is 0.453. The molecular weight excluding hydrogens is 344 g/mol. The summed E-state index contributed by atoms with van der Waals surface area (Å²) >= 11 is 3.55. The van der Waals surface area contributed by atoms with E-state index in [2.05, 4.69) is 26.1 Å². The summed E-state index contributed by atoms with van der Waals surface area (Å²) < 4.78 is 0.816. The molecule has 1 aliphatic heterocycles. The summed E-state index contributed by atoms with van der Waals surface area (Å²) in [5, 5.41) is 7.28. The number of aromatic amines is 1. The fourth-order valence-electron chi connectivity index (χ4n) is 3.12. The number of H-pyrrole nitrogens is 1. The Balaban J connectivity index is 1.71. The molecule has 3 N–H and O–H groups in total. The lowest BCUT2D eigenvalue weighted by Gasteiger charge is -2.29. The number of nitrogens with zero attached hydrogens (tertiary/aromatic N) is 2. The summed E-state index contributed by atoms with van der Waals surface area (Å²) in [7, 11) is 0. The molecular formula is C16H17BrN4O. The number of benzene rings is 1. The van der Waals surface area contributed by atoms with E-state index >= 15 is 0 Å². The number of aromatic nitrogens is 2. The van der Waals surface area contributed by atoms with Crippen LogP contribution < -0.4 is 10.6 Å². The molecule has 1 saturated carbocycles. The highest BCUT2D eigenvalue weighted by Gasteiger charge is 2.33. The molecule has 0 spiro atoms. The second kappa shape index (κ2) is 5.12. The highest BCUT2D eigenvalue weighted by atomic mass is 79.9. The number of hydrogen-bond acceptors (Lipinski definition) is 3. The molecule has 114 valence electrons. The third kappa shape index (κ3) is 2.13. The van der Waals surface area contributed by atoms with Crippen LogP contribution in [-0.2, 0) is 6.42 Å². The van der Waals surface area contributed by atoms with Crippen LogP contribution in [0.5, 0.6) is 0 Å². The zero-order valence-electron chi connectivity index (χ0n) is 12.1. The van der Waals surface area contributed by atoms with Gasteiger partial charge in [-0.15, -0.1) is 0 Å². The predicted molar refractivity (Wildman–Crippen MR) is 89.1 cm³/mol. The Kier molecular flexibility index (Phi) is 3.22. The van der Waals surface area contributed by atoms with Crippen molar-refractivity contribution in [1.29, 1.82) is 0 Å². The third-order valence-electron chi connectivity index (χ3n) is 4.45. The average Bonchev–Trinajstić information content (AvgIpc) is 3.29. The molecule has 4 rings (SSSR count). The van der Waals surface area contributed by atoms with Gasteiger partial charge in [-0.25, -0.2) is 0 Å². The van der Waals surface area contributed by atoms with Crippen LogP contribution >= 0.6 is 15.9 Å². The first-order chi connectivity index (χ1) is 10.7. The normalized spacial score (nSPS) is 17.4. The average molecular weight is 361 g/mol. The monoisotopic (exact) mass is 360 g/mol. The molecule has 6 heteroatoms. The number of nitrogen functional groups attached to an aromatic ring is 1. The number of halogens is 1. The van der Waals surface area contributed by atoms with Crippen molar-refractivity contribution in [2.24, 2.45) is 0 Å². The van der Waals surface area contributed by atoms with E-state index in [1.54, 1.807) is 4.90 Å². The number of carbonyl (C=O) groups excluding carboxylic acids is 1. The number of nitrogens with one attached hydrogen (secondary N) is 1. The minimum atomic E-state index is -0.0680. The highest BCUT2D eigenvalue weighted by Crippen LogP contribution is 2.43. The van der Waals surface area contributed by atoms with Gasteiger partial charge in [-0.05, 0) is 59.3 Å². The van der Waals surface area contributed by atoms with E-state index in [0.29, 0.717) is 18.2 Å². The van der Waals surface area contributed by atoms with Crippen LogP contribution in [0.25, 0.3) is 0 Å². The fraction of sp³-hybridized carbons (Fsp3) is 0.375. The second-order valence-corrected chi connectivity index (χ2v) is 6.77. The molecule has 1 aromatic heterocycles. The van der Waals surface area contributed by atoms with E-state index in [4.69, 9.17) is 5.73 Å². The Morgan fingerprint density at radius 1 is 1.41 bits per heavy atom. The molecule has 22 heavy (non-hydrogen) atoms. The molecule has 2 aromatic rings. The van der Waals surface area contributed by atoms with Gasteiger partial charge in [0.2, 0.25) is 0 Å². The Bertz CT molecular complexity index is 751. The van der Waals surface area contributed by atoms with Gasteiger partial charge in [-0.3, -0.25) is 9.89 Å². The lowest BCUT2D eigenvalue weighted by atomic mass is 9.99. The molecule has 0 atom stereocenters. The van der Waals surface area contributed by atoms with E-state index in [1.807, 2.05) is 18.2 Å². The number of hydrogen-bond donors (Lipinski definition) is 2. The summed E-state index contributed by atoms with van der Waals surface area (Å²) in [6.45, 7) is 0.702. The summed E-state index contributed by atoms with van der Waals surface area (Å²) in [4.78, 5) is 14.7. The molecule has 1 aromatic carbocycles. The van der Waals surface area contributed by atoms with Crippen molar-refractivity contribution in [3.05, 3.63) is 39.6 Å². The van der Waals surface area contributed by atoms with Crippen LogP contribution in [0, 0.1) is 0 Å². The van der Waals surface area contributed by atoms with Crippen molar-refractivity contribution in [2.75, 3.05) is 17.2 Å². The number of amides is 1. The molecule has 1 aliphatic carbocycles. The van der Waals surface area contributed by atoms with Gasteiger partial charge in [-0.2, -0.15) is 5.10 Å². The van der Waals surface area contributed by atoms with Gasteiger partial charge in [-0.1, -0.05) is 6.07 Å². The summed E-state index contributed by atoms with van der Waals surface area (Å²) in [5.41, 5.74) is 10.3. The van der Waals surface area contributed by atoms with Gasteiger partial charge in [0.1, 0.15) is 0 Å². The zero-order chi connectivity index (χ0) is 15.3. The SMILES string of the molecule is Nc1cccc2c1CCCN2C(=O)c1n[nH]c(C2CC2)c1Br. The van der Waals surface area contributed by atoms with Crippen LogP contribution in [0.3, 0.4) is 0 Å². The first-order valence-corrected chi connectivity index (χ1v) is 8.39. The quantitative estimate of drug-likeness (QED) is 0.807. The molecule has 1 fully saturated rings. The van der Waals surface area contributed by atoms with Gasteiger partial charge in [0, 0.05) is 23.8 Å². The molecule has 2 aliphatic rings. The number of nitrogens with two attached hydrogens (primary N) is 1. The molecule has 0 unspecified atom stereocenters. The topological polar surface area (TPSA) is 75.0 Å². The van der Waals surface area contributed by atoms with Crippen LogP contribution in [0.4, 0.5) is 11.4 Å². The summed E-state index contributed by atoms with van der Waals surface area (Å²) in [6, 6.07) is 5.75. The maximum atomic E-state index is 12.9. The van der Waals surface area contributed by atoms with Crippen molar-refractivity contribution in [2.45, 2.75) is 31.6 Å². The number of carbonyl (C=O) groups is 1. The van der Waals surface area contributed by atoms with Gasteiger partial charge >= 0.3 is 0 Å². The predicted octanol–water partition coefficient (Wildman–Crippen LogP) is 3.22. The second-order valence-electron chi connectivity index (χ2n) is 5.98. The Morgan fingerprint density at radius 2 is 2.23 bits per heavy atom. The molecule has 0 radical (unpaired) electrons. The van der Waals surface area contributed by atoms with Crippen molar-refractivity contribution in [3.63, 3.8) is 0 Å². The Morgan fingerprint density at radius 3 is 3.00 bits per heavy atom. The lowest BCUT2D eigenvalue weighted by molar-refractivity contribution is 0.0979. The Hall–Kier alpha value is -1.82. The molecule has 5 nitrogen and oxygen atoms in total. The first-order valence-electron chi connectivity index (χ1n) is 7.60. The van der Waals surface area contributed by atoms with Crippen LogP contribution in [0.2, 0.25) is 0 Å². The van der Waals surface area contributed by atoms with Crippen LogP contribution in [0.1, 0.15) is 46.9 Å². The third-order valence-corrected chi connectivity index (χ3v) is 5.26. The van der Waals surface area contributed by atoms with Crippen LogP contribution in [0.15, 0.2) is 22.7 Å². The van der Waals surface area contributed by atoms with E-state index < -0.39 is 0 Å². The van der Waals surface area contributed by atoms with Gasteiger partial charge in [0.05, 0.1) is 10.2 Å². The van der Waals surface area contributed by atoms with Gasteiger partial charge < -0.3 is 10.6 Å². The molecule has 0 saturated heterocycles.